The summed E-state index contributed by atoms with van der Waals surface area (Å²) in [6, 6.07) is 17.8. The number of nitrogens with zero attached hydrogens (tertiary/aromatic N) is 2. The molecular weight excluding hydrogens is 464 g/mol. The van der Waals surface area contributed by atoms with Gasteiger partial charge in [-0.1, -0.05) is 48.5 Å². The third-order valence-electron chi connectivity index (χ3n) is 6.56. The molecule has 1 fully saturated rings. The van der Waals surface area contributed by atoms with E-state index in [1.807, 2.05) is 48.5 Å². The van der Waals surface area contributed by atoms with Gasteiger partial charge in [-0.25, -0.2) is 19.4 Å². The Labute approximate surface area is 207 Å². The lowest BCUT2D eigenvalue weighted by atomic mass is 9.98. The van der Waals surface area contributed by atoms with Crippen LogP contribution in [0.4, 0.5) is 4.79 Å². The molecule has 2 atom stereocenters. The summed E-state index contributed by atoms with van der Waals surface area (Å²) in [5.74, 6) is -1.69. The van der Waals surface area contributed by atoms with Gasteiger partial charge in [-0.15, -0.1) is 0 Å². The molecule has 3 aromatic rings. The first-order valence-corrected chi connectivity index (χ1v) is 11.5. The van der Waals surface area contributed by atoms with Crippen molar-refractivity contribution >= 4 is 18.0 Å². The highest BCUT2D eigenvalue weighted by molar-refractivity contribution is 5.89. The number of rotatable bonds is 6. The molecule has 2 heterocycles. The molecule has 2 aromatic carbocycles. The first kappa shape index (κ1) is 23.3. The molecule has 1 aliphatic heterocycles. The Morgan fingerprint density at radius 2 is 1.69 bits per heavy atom. The number of carbonyl (C=O) groups excluding carboxylic acids is 2. The zero-order valence-corrected chi connectivity index (χ0v) is 19.5. The van der Waals surface area contributed by atoms with Gasteiger partial charge in [0.15, 0.2) is 0 Å². The van der Waals surface area contributed by atoms with Gasteiger partial charge in [-0.3, -0.25) is 4.90 Å². The minimum atomic E-state index is -1.15. The fraction of sp³-hybridized carbons (Fsp3) is 0.259. The maximum absolute atomic E-state index is 13.0. The average molecular weight is 488 g/mol. The molecule has 0 bridgehead atoms. The molecule has 0 spiro atoms. The number of carboxylic acid groups (broad SMARTS) is 1. The van der Waals surface area contributed by atoms with Gasteiger partial charge in [-0.05, 0) is 28.3 Å². The van der Waals surface area contributed by atoms with Crippen LogP contribution in [-0.4, -0.2) is 65.4 Å². The van der Waals surface area contributed by atoms with Crippen molar-refractivity contribution in [2.45, 2.75) is 24.5 Å². The zero-order chi connectivity index (χ0) is 25.2. The number of carboxylic acids is 1. The highest BCUT2D eigenvalue weighted by Gasteiger charge is 2.42. The number of ether oxygens (including phenoxy) is 3. The zero-order valence-electron chi connectivity index (χ0n) is 19.5. The van der Waals surface area contributed by atoms with Crippen LogP contribution in [0.1, 0.15) is 33.8 Å². The van der Waals surface area contributed by atoms with Crippen molar-refractivity contribution in [1.29, 1.82) is 0 Å². The van der Waals surface area contributed by atoms with E-state index < -0.39 is 30.2 Å². The second-order valence-corrected chi connectivity index (χ2v) is 8.66. The number of aliphatic carboxylic acids is 1. The van der Waals surface area contributed by atoms with Gasteiger partial charge < -0.3 is 19.3 Å². The lowest BCUT2D eigenvalue weighted by Gasteiger charge is -2.22. The first-order chi connectivity index (χ1) is 17.5. The summed E-state index contributed by atoms with van der Waals surface area (Å²) in [4.78, 5) is 41.9. The van der Waals surface area contributed by atoms with Crippen molar-refractivity contribution in [2.24, 2.45) is 0 Å². The van der Waals surface area contributed by atoms with E-state index in [0.29, 0.717) is 0 Å². The molecule has 9 heteroatoms. The molecule has 2 aliphatic rings. The lowest BCUT2D eigenvalue weighted by Crippen LogP contribution is -2.41. The van der Waals surface area contributed by atoms with Crippen LogP contribution in [-0.2, 0) is 14.3 Å². The lowest BCUT2D eigenvalue weighted by molar-refractivity contribution is -0.141. The molecule has 0 unspecified atom stereocenters. The van der Waals surface area contributed by atoms with Gasteiger partial charge in [-0.2, -0.15) is 0 Å². The van der Waals surface area contributed by atoms with Gasteiger partial charge >= 0.3 is 18.0 Å². The van der Waals surface area contributed by atoms with Gasteiger partial charge in [0.1, 0.15) is 18.8 Å². The predicted molar refractivity (Wildman–Crippen MR) is 128 cm³/mol. The van der Waals surface area contributed by atoms with E-state index in [9.17, 15) is 19.5 Å². The first-order valence-electron chi connectivity index (χ1n) is 11.5. The van der Waals surface area contributed by atoms with E-state index in [1.54, 1.807) is 0 Å². The third-order valence-corrected chi connectivity index (χ3v) is 6.56. The number of hydrogen-bond acceptors (Lipinski definition) is 7. The van der Waals surface area contributed by atoms with Crippen LogP contribution >= 0.6 is 0 Å². The van der Waals surface area contributed by atoms with Crippen LogP contribution in [0.2, 0.25) is 0 Å². The Bertz CT molecular complexity index is 1280. The Morgan fingerprint density at radius 1 is 1.03 bits per heavy atom. The van der Waals surface area contributed by atoms with Crippen molar-refractivity contribution in [3.8, 4) is 17.0 Å². The predicted octanol–water partition coefficient (Wildman–Crippen LogP) is 3.72. The number of carbonyl (C=O) groups is 3. The fourth-order valence-corrected chi connectivity index (χ4v) is 4.89. The molecule has 36 heavy (non-hydrogen) atoms. The number of likely N-dealkylation sites (tertiary alicyclic amines) is 1. The molecule has 5 rings (SSSR count). The number of hydrogen-bond donors (Lipinski definition) is 1. The highest BCUT2D eigenvalue weighted by Crippen LogP contribution is 2.44. The molecule has 0 radical (unpaired) electrons. The summed E-state index contributed by atoms with van der Waals surface area (Å²) in [6.07, 6.45) is 0.108. The number of fused-ring (bicyclic) bond motifs is 3. The molecule has 184 valence electrons. The molecule has 0 saturated carbocycles. The Balaban J connectivity index is 1.28. The van der Waals surface area contributed by atoms with Crippen molar-refractivity contribution in [3.05, 3.63) is 83.6 Å². The highest BCUT2D eigenvalue weighted by atomic mass is 16.6. The monoisotopic (exact) mass is 488 g/mol. The molecule has 9 nitrogen and oxygen atoms in total. The van der Waals surface area contributed by atoms with Crippen molar-refractivity contribution < 1.29 is 33.7 Å². The van der Waals surface area contributed by atoms with Crippen LogP contribution < -0.4 is 4.74 Å². The SMILES string of the molecule is COC(=O)c1ccnc(O[C@H]2C[C@@H](C(=O)O)N(C(=O)OCC3c4ccccc4-c4ccccc43)C2)c1. The van der Waals surface area contributed by atoms with E-state index >= 15 is 0 Å². The number of esters is 1. The third kappa shape index (κ3) is 4.35. The van der Waals surface area contributed by atoms with Crippen molar-refractivity contribution in [1.82, 2.24) is 9.88 Å². The number of benzene rings is 2. The number of aromatic nitrogens is 1. The minimum Gasteiger partial charge on any atom is -0.480 e. The maximum atomic E-state index is 13.0. The second kappa shape index (κ2) is 9.69. The average Bonchev–Trinajstić information content (AvgIpc) is 3.46. The number of amides is 1. The summed E-state index contributed by atoms with van der Waals surface area (Å²) in [5.41, 5.74) is 4.60. The number of pyridine rings is 1. The molecule has 1 amide bonds. The summed E-state index contributed by atoms with van der Waals surface area (Å²) in [5, 5.41) is 9.72. The van der Waals surface area contributed by atoms with Gasteiger partial charge in [0.05, 0.1) is 19.2 Å². The summed E-state index contributed by atoms with van der Waals surface area (Å²) >= 11 is 0. The van der Waals surface area contributed by atoms with Crippen LogP contribution in [0.3, 0.4) is 0 Å². The Morgan fingerprint density at radius 3 is 2.33 bits per heavy atom. The van der Waals surface area contributed by atoms with Gasteiger partial charge in [0, 0.05) is 24.6 Å². The van der Waals surface area contributed by atoms with Crippen LogP contribution in [0, 0.1) is 0 Å². The van der Waals surface area contributed by atoms with E-state index in [2.05, 4.69) is 4.98 Å². The smallest absolute Gasteiger partial charge is 0.410 e. The quantitative estimate of drug-likeness (QED) is 0.522. The minimum absolute atomic E-state index is 0.0117. The maximum Gasteiger partial charge on any atom is 0.410 e. The van der Waals surface area contributed by atoms with Crippen LogP contribution in [0.25, 0.3) is 11.1 Å². The molecule has 1 saturated heterocycles. The topological polar surface area (TPSA) is 115 Å². The van der Waals surface area contributed by atoms with Crippen molar-refractivity contribution in [3.63, 3.8) is 0 Å². The van der Waals surface area contributed by atoms with Crippen molar-refractivity contribution in [2.75, 3.05) is 20.3 Å². The van der Waals surface area contributed by atoms with E-state index in [-0.39, 0.29) is 36.9 Å². The molecule has 1 N–H and O–H groups in total. The van der Waals surface area contributed by atoms with Gasteiger partial charge in [0.2, 0.25) is 5.88 Å². The fourth-order valence-electron chi connectivity index (χ4n) is 4.89. The molecule has 1 aromatic heterocycles. The molecular formula is C27H24N2O7. The standard InChI is InChI=1S/C27H24N2O7/c1-34-26(32)16-10-11-28-24(12-16)36-17-13-23(25(30)31)29(14-17)27(33)35-15-22-20-8-4-2-6-18(20)19-7-3-5-9-21(19)22/h2-12,17,22-23H,13-15H2,1H3,(H,30,31)/t17-,23-/m0/s1. The van der Waals surface area contributed by atoms with Crippen LogP contribution in [0.15, 0.2) is 66.9 Å². The Hall–Kier alpha value is -4.40. The summed E-state index contributed by atoms with van der Waals surface area (Å²) in [6.45, 7) is 0.0989. The van der Waals surface area contributed by atoms with E-state index in [1.165, 1.54) is 30.3 Å². The second-order valence-electron chi connectivity index (χ2n) is 8.66. The summed E-state index contributed by atoms with van der Waals surface area (Å²) < 4.78 is 16.2. The van der Waals surface area contributed by atoms with E-state index in [4.69, 9.17) is 14.2 Å². The summed E-state index contributed by atoms with van der Waals surface area (Å²) in [7, 11) is 1.27. The van der Waals surface area contributed by atoms with E-state index in [0.717, 1.165) is 22.3 Å². The number of methoxy groups -OCH3 is 1. The molecule has 1 aliphatic carbocycles. The van der Waals surface area contributed by atoms with Gasteiger partial charge in [0.25, 0.3) is 0 Å². The Kier molecular flexibility index (Phi) is 6.28. The largest absolute Gasteiger partial charge is 0.480 e. The normalized spacial score (nSPS) is 18.3. The van der Waals surface area contributed by atoms with Crippen LogP contribution in [0.5, 0.6) is 5.88 Å².